The van der Waals surface area contributed by atoms with Crippen molar-refractivity contribution in [2.45, 2.75) is 32.5 Å². The van der Waals surface area contributed by atoms with E-state index >= 15 is 0 Å². The molecule has 1 atom stereocenters. The molecule has 0 amide bonds. The molecule has 0 saturated carbocycles. The van der Waals surface area contributed by atoms with E-state index in [1.54, 1.807) is 0 Å². The van der Waals surface area contributed by atoms with Crippen LogP contribution >= 0.6 is 24.8 Å². The summed E-state index contributed by atoms with van der Waals surface area (Å²) in [6.07, 6.45) is 0.914. The molecule has 3 rings (SSSR count). The number of hydrogen-bond acceptors (Lipinski definition) is 2. The van der Waals surface area contributed by atoms with E-state index in [1.807, 2.05) is 6.92 Å². The molecule has 2 nitrogen and oxygen atoms in total. The van der Waals surface area contributed by atoms with Crippen LogP contribution in [0.4, 0.5) is 5.69 Å². The summed E-state index contributed by atoms with van der Waals surface area (Å²) in [7, 11) is 0. The van der Waals surface area contributed by atoms with Crippen LogP contribution in [0.1, 0.15) is 23.6 Å². The smallest absolute Gasteiger partial charge is 0.0433 e. The molecule has 3 aromatic carbocycles. The van der Waals surface area contributed by atoms with Gasteiger partial charge in [0.05, 0.1) is 0 Å². The Morgan fingerprint density at radius 3 is 1.52 bits per heavy atom. The standard InChI is InChI=1S/C23H26N2.2ClH/c1-19(24)16-20-12-14-23(15-13-20)25(17-21-8-4-2-5-9-21)18-22-10-6-3-7-11-22;;/h2-15,19H,16-18,24H2,1H3;2*1H. The van der Waals surface area contributed by atoms with Gasteiger partial charge in [-0.25, -0.2) is 0 Å². The van der Waals surface area contributed by atoms with Gasteiger partial charge >= 0.3 is 0 Å². The highest BCUT2D eigenvalue weighted by Crippen LogP contribution is 2.21. The van der Waals surface area contributed by atoms with Crippen molar-refractivity contribution in [3.63, 3.8) is 0 Å². The summed E-state index contributed by atoms with van der Waals surface area (Å²) < 4.78 is 0. The number of anilines is 1. The van der Waals surface area contributed by atoms with Crippen LogP contribution in [0.25, 0.3) is 0 Å². The predicted octanol–water partition coefficient (Wildman–Crippen LogP) is 5.63. The Labute approximate surface area is 175 Å². The van der Waals surface area contributed by atoms with Gasteiger partial charge < -0.3 is 10.6 Å². The van der Waals surface area contributed by atoms with E-state index in [4.69, 9.17) is 5.73 Å². The van der Waals surface area contributed by atoms with Crippen LogP contribution in [-0.4, -0.2) is 6.04 Å². The van der Waals surface area contributed by atoms with E-state index in [0.29, 0.717) is 0 Å². The maximum atomic E-state index is 5.92. The minimum atomic E-state index is 0. The maximum absolute atomic E-state index is 5.92. The molecule has 0 bridgehead atoms. The molecule has 0 fully saturated rings. The van der Waals surface area contributed by atoms with Crippen molar-refractivity contribution < 1.29 is 0 Å². The lowest BCUT2D eigenvalue weighted by molar-refractivity contribution is 0.737. The number of hydrogen-bond donors (Lipinski definition) is 1. The fourth-order valence-corrected chi connectivity index (χ4v) is 3.06. The van der Waals surface area contributed by atoms with Gasteiger partial charge in [-0.3, -0.25) is 0 Å². The van der Waals surface area contributed by atoms with Crippen LogP contribution in [-0.2, 0) is 19.5 Å². The van der Waals surface area contributed by atoms with E-state index in [0.717, 1.165) is 19.5 Å². The molecular weight excluding hydrogens is 375 g/mol. The van der Waals surface area contributed by atoms with Crippen molar-refractivity contribution in [3.8, 4) is 0 Å². The lowest BCUT2D eigenvalue weighted by Gasteiger charge is -2.25. The molecular formula is C23H28Cl2N2. The van der Waals surface area contributed by atoms with Gasteiger partial charge in [-0.2, -0.15) is 0 Å². The second-order valence-corrected chi connectivity index (χ2v) is 6.68. The van der Waals surface area contributed by atoms with E-state index in [2.05, 4.69) is 89.8 Å². The average molecular weight is 403 g/mol. The fourth-order valence-electron chi connectivity index (χ4n) is 3.06. The molecule has 0 aliphatic rings. The first-order valence-corrected chi connectivity index (χ1v) is 8.88. The molecule has 0 aliphatic heterocycles. The monoisotopic (exact) mass is 402 g/mol. The number of rotatable bonds is 7. The number of halogens is 2. The molecule has 27 heavy (non-hydrogen) atoms. The summed E-state index contributed by atoms with van der Waals surface area (Å²) in [6, 6.07) is 30.3. The Balaban J connectivity index is 0.00000182. The van der Waals surface area contributed by atoms with Gasteiger partial charge in [0.1, 0.15) is 0 Å². The highest BCUT2D eigenvalue weighted by Gasteiger charge is 2.09. The second-order valence-electron chi connectivity index (χ2n) is 6.68. The Morgan fingerprint density at radius 2 is 1.11 bits per heavy atom. The zero-order valence-corrected chi connectivity index (χ0v) is 17.3. The van der Waals surface area contributed by atoms with E-state index in [9.17, 15) is 0 Å². The summed E-state index contributed by atoms with van der Waals surface area (Å²) in [6.45, 7) is 3.83. The lowest BCUT2D eigenvalue weighted by atomic mass is 10.1. The van der Waals surface area contributed by atoms with Gasteiger partial charge in [0.2, 0.25) is 0 Å². The zero-order chi connectivity index (χ0) is 17.5. The van der Waals surface area contributed by atoms with Gasteiger partial charge in [0.25, 0.3) is 0 Å². The molecule has 0 radical (unpaired) electrons. The van der Waals surface area contributed by atoms with Crippen LogP contribution in [0.3, 0.4) is 0 Å². The summed E-state index contributed by atoms with van der Waals surface area (Å²) >= 11 is 0. The molecule has 0 saturated heterocycles. The largest absolute Gasteiger partial charge is 0.363 e. The molecule has 0 aliphatic carbocycles. The Hall–Kier alpha value is -2.00. The van der Waals surface area contributed by atoms with Crippen molar-refractivity contribution in [2.24, 2.45) is 5.73 Å². The van der Waals surface area contributed by atoms with Gasteiger partial charge in [0.15, 0.2) is 0 Å². The zero-order valence-electron chi connectivity index (χ0n) is 15.6. The van der Waals surface area contributed by atoms with Crippen molar-refractivity contribution in [2.75, 3.05) is 4.90 Å². The third-order valence-corrected chi connectivity index (χ3v) is 4.29. The fraction of sp³-hybridized carbons (Fsp3) is 0.217. The molecule has 0 spiro atoms. The topological polar surface area (TPSA) is 29.3 Å². The van der Waals surface area contributed by atoms with Gasteiger partial charge in [-0.15, -0.1) is 24.8 Å². The summed E-state index contributed by atoms with van der Waals surface area (Å²) in [5, 5.41) is 0. The molecule has 144 valence electrons. The molecule has 4 heteroatoms. The first-order valence-electron chi connectivity index (χ1n) is 8.88. The quantitative estimate of drug-likeness (QED) is 0.554. The maximum Gasteiger partial charge on any atom is 0.0433 e. The van der Waals surface area contributed by atoms with Crippen LogP contribution < -0.4 is 10.6 Å². The minimum Gasteiger partial charge on any atom is -0.363 e. The Kier molecular flexibility index (Phi) is 9.95. The molecule has 1 unspecified atom stereocenters. The number of nitrogens with zero attached hydrogens (tertiary/aromatic N) is 1. The van der Waals surface area contributed by atoms with Crippen LogP contribution in [0.5, 0.6) is 0 Å². The average Bonchev–Trinajstić information content (AvgIpc) is 2.63. The van der Waals surface area contributed by atoms with Crippen molar-refractivity contribution in [3.05, 3.63) is 102 Å². The summed E-state index contributed by atoms with van der Waals surface area (Å²) in [4.78, 5) is 2.42. The third kappa shape index (κ3) is 7.26. The van der Waals surface area contributed by atoms with Gasteiger partial charge in [0, 0.05) is 24.8 Å². The summed E-state index contributed by atoms with van der Waals surface area (Å²) in [5.41, 5.74) is 11.1. The third-order valence-electron chi connectivity index (χ3n) is 4.29. The van der Waals surface area contributed by atoms with E-state index in [-0.39, 0.29) is 30.9 Å². The van der Waals surface area contributed by atoms with Gasteiger partial charge in [-0.05, 0) is 42.2 Å². The van der Waals surface area contributed by atoms with Crippen molar-refractivity contribution >= 4 is 30.5 Å². The molecule has 0 aromatic heterocycles. The second kappa shape index (κ2) is 11.7. The summed E-state index contributed by atoms with van der Waals surface area (Å²) in [5.74, 6) is 0. The first-order chi connectivity index (χ1) is 12.2. The number of benzene rings is 3. The van der Waals surface area contributed by atoms with Crippen molar-refractivity contribution in [1.29, 1.82) is 0 Å². The Morgan fingerprint density at radius 1 is 0.667 bits per heavy atom. The van der Waals surface area contributed by atoms with Gasteiger partial charge in [-0.1, -0.05) is 72.8 Å². The predicted molar refractivity (Wildman–Crippen MR) is 121 cm³/mol. The van der Waals surface area contributed by atoms with Crippen LogP contribution in [0, 0.1) is 0 Å². The first kappa shape index (κ1) is 23.0. The molecule has 2 N–H and O–H groups in total. The van der Waals surface area contributed by atoms with Crippen LogP contribution in [0.2, 0.25) is 0 Å². The Bertz CT molecular complexity index is 718. The lowest BCUT2D eigenvalue weighted by Crippen LogP contribution is -2.22. The highest BCUT2D eigenvalue weighted by molar-refractivity contribution is 5.85. The highest BCUT2D eigenvalue weighted by atomic mass is 35.5. The van der Waals surface area contributed by atoms with Crippen molar-refractivity contribution in [1.82, 2.24) is 0 Å². The SMILES string of the molecule is CC(N)Cc1ccc(N(Cc2ccccc2)Cc2ccccc2)cc1.Cl.Cl. The number of nitrogens with two attached hydrogens (primary N) is 1. The van der Waals surface area contributed by atoms with Crippen LogP contribution in [0.15, 0.2) is 84.9 Å². The molecule has 3 aromatic rings. The minimum absolute atomic E-state index is 0. The normalized spacial score (nSPS) is 11.0. The van der Waals surface area contributed by atoms with E-state index in [1.165, 1.54) is 22.4 Å². The van der Waals surface area contributed by atoms with E-state index < -0.39 is 0 Å². The molecule has 0 heterocycles.